The Kier molecular flexibility index (Phi) is 2.74. The van der Waals surface area contributed by atoms with Crippen LogP contribution >= 0.6 is 27.3 Å². The topological polar surface area (TPSA) is 44.9 Å². The van der Waals surface area contributed by atoms with Crippen LogP contribution in [0.4, 0.5) is 0 Å². The second-order valence-corrected chi connectivity index (χ2v) is 5.51. The number of hydrogen-bond donors (Lipinski definition) is 1. The number of rotatable bonds is 2. The van der Waals surface area contributed by atoms with Crippen molar-refractivity contribution >= 4 is 32.2 Å². The van der Waals surface area contributed by atoms with Crippen molar-refractivity contribution in [3.63, 3.8) is 0 Å². The lowest BCUT2D eigenvalue weighted by Crippen LogP contribution is -2.48. The predicted molar refractivity (Wildman–Crippen MR) is 72.8 cm³/mol. The molecule has 5 heteroatoms. The molecule has 0 aliphatic rings. The first-order valence-electron chi connectivity index (χ1n) is 5.29. The molecule has 0 spiro atoms. The van der Waals surface area contributed by atoms with Crippen molar-refractivity contribution in [2.45, 2.75) is 6.54 Å². The van der Waals surface area contributed by atoms with E-state index in [9.17, 15) is 0 Å². The van der Waals surface area contributed by atoms with Gasteiger partial charge in [0.2, 0.25) is 0 Å². The van der Waals surface area contributed by atoms with Crippen LogP contribution in [0.15, 0.2) is 40.3 Å². The van der Waals surface area contributed by atoms with Crippen LogP contribution in [0, 0.1) is 0 Å². The molecule has 86 valence electrons. The summed E-state index contributed by atoms with van der Waals surface area (Å²) in [6, 6.07) is 8.23. The van der Waals surface area contributed by atoms with Gasteiger partial charge in [0, 0.05) is 21.6 Å². The zero-order chi connectivity index (χ0) is 11.8. The van der Waals surface area contributed by atoms with Crippen molar-refractivity contribution in [2.75, 3.05) is 0 Å². The molecule has 3 nitrogen and oxygen atoms in total. The molecular weight excluding hydrogens is 298 g/mol. The second-order valence-electron chi connectivity index (χ2n) is 3.72. The van der Waals surface area contributed by atoms with Gasteiger partial charge in [-0.25, -0.2) is 4.98 Å². The zero-order valence-electron chi connectivity index (χ0n) is 9.06. The monoisotopic (exact) mass is 308 g/mol. The van der Waals surface area contributed by atoms with Gasteiger partial charge < -0.3 is 5.73 Å². The minimum Gasteiger partial charge on any atom is -0.353 e. The van der Waals surface area contributed by atoms with E-state index in [2.05, 4.69) is 49.4 Å². The van der Waals surface area contributed by atoms with Crippen molar-refractivity contribution in [3.05, 3.63) is 46.0 Å². The van der Waals surface area contributed by atoms with Gasteiger partial charge in [-0.1, -0.05) is 28.1 Å². The van der Waals surface area contributed by atoms with Crippen molar-refractivity contribution in [1.29, 1.82) is 0 Å². The van der Waals surface area contributed by atoms with Gasteiger partial charge >= 0.3 is 0 Å². The average Bonchev–Trinajstić information content (AvgIpc) is 2.89. The molecule has 0 saturated carbocycles. The van der Waals surface area contributed by atoms with Crippen molar-refractivity contribution in [1.82, 2.24) is 9.38 Å². The number of aromatic nitrogens is 2. The van der Waals surface area contributed by atoms with Crippen LogP contribution in [-0.4, -0.2) is 9.38 Å². The van der Waals surface area contributed by atoms with Gasteiger partial charge in [-0.15, -0.1) is 11.3 Å². The fraction of sp³-hybridized carbons (Fsp3) is 0.0833. The first-order chi connectivity index (χ1) is 8.29. The van der Waals surface area contributed by atoms with E-state index < -0.39 is 0 Å². The van der Waals surface area contributed by atoms with Crippen LogP contribution in [0.2, 0.25) is 0 Å². The minimum absolute atomic E-state index is 0.739. The molecular formula is C12H11BrN3S+. The number of hydrogen-bond acceptors (Lipinski definition) is 2. The molecule has 0 saturated heterocycles. The lowest BCUT2D eigenvalue weighted by Gasteiger charge is -2.00. The van der Waals surface area contributed by atoms with E-state index in [4.69, 9.17) is 0 Å². The molecule has 0 unspecified atom stereocenters. The third kappa shape index (κ3) is 1.80. The number of imidazole rings is 1. The summed E-state index contributed by atoms with van der Waals surface area (Å²) in [7, 11) is 0. The van der Waals surface area contributed by atoms with Crippen molar-refractivity contribution in [2.24, 2.45) is 0 Å². The van der Waals surface area contributed by atoms with Gasteiger partial charge in [-0.05, 0) is 12.1 Å². The summed E-state index contributed by atoms with van der Waals surface area (Å²) < 4.78 is 3.20. The maximum atomic E-state index is 4.67. The maximum Gasteiger partial charge on any atom is 0.194 e. The molecule has 0 radical (unpaired) electrons. The third-order valence-corrected chi connectivity index (χ3v) is 4.00. The number of thiazole rings is 1. The molecule has 3 aromatic rings. The second kappa shape index (κ2) is 4.25. The highest BCUT2D eigenvalue weighted by Crippen LogP contribution is 2.27. The highest BCUT2D eigenvalue weighted by Gasteiger charge is 2.14. The maximum absolute atomic E-state index is 4.67. The summed E-state index contributed by atoms with van der Waals surface area (Å²) in [5.41, 5.74) is 7.35. The number of quaternary nitrogens is 1. The summed E-state index contributed by atoms with van der Waals surface area (Å²) in [6.07, 6.45) is 2.05. The molecule has 0 fully saturated rings. The minimum atomic E-state index is 0.739. The van der Waals surface area contributed by atoms with E-state index >= 15 is 0 Å². The van der Waals surface area contributed by atoms with Crippen LogP contribution in [0.3, 0.4) is 0 Å². The number of fused-ring (bicyclic) bond motifs is 1. The highest BCUT2D eigenvalue weighted by molar-refractivity contribution is 9.10. The van der Waals surface area contributed by atoms with E-state index in [0.29, 0.717) is 0 Å². The summed E-state index contributed by atoms with van der Waals surface area (Å²) in [4.78, 5) is 5.70. The molecule has 2 aromatic heterocycles. The zero-order valence-corrected chi connectivity index (χ0v) is 11.5. The summed E-state index contributed by atoms with van der Waals surface area (Å²) in [5.74, 6) is 0. The van der Waals surface area contributed by atoms with E-state index in [0.717, 1.165) is 27.2 Å². The van der Waals surface area contributed by atoms with Crippen LogP contribution in [0.1, 0.15) is 5.69 Å². The molecule has 0 aliphatic heterocycles. The van der Waals surface area contributed by atoms with Gasteiger partial charge in [-0.3, -0.25) is 4.40 Å². The van der Waals surface area contributed by atoms with Crippen LogP contribution in [0.5, 0.6) is 0 Å². The fourth-order valence-electron chi connectivity index (χ4n) is 1.91. The standard InChI is InChI=1S/C12H10BrN3S/c13-9-3-1-8(2-4-9)11-10(7-14)16-5-6-17-12(16)15-11/h1-6H,7,14H2/p+1. The van der Waals surface area contributed by atoms with Gasteiger partial charge in [-0.2, -0.15) is 0 Å². The Morgan fingerprint density at radius 3 is 2.76 bits per heavy atom. The Bertz CT molecular complexity index is 654. The predicted octanol–water partition coefficient (Wildman–Crippen LogP) is 2.57. The number of halogens is 1. The van der Waals surface area contributed by atoms with Gasteiger partial charge in [0.1, 0.15) is 12.2 Å². The molecule has 1 aromatic carbocycles. The van der Waals surface area contributed by atoms with Gasteiger partial charge in [0.25, 0.3) is 0 Å². The smallest absolute Gasteiger partial charge is 0.194 e. The highest BCUT2D eigenvalue weighted by atomic mass is 79.9. The fourth-order valence-corrected chi connectivity index (χ4v) is 2.91. The Morgan fingerprint density at radius 2 is 2.06 bits per heavy atom. The number of nitrogens with zero attached hydrogens (tertiary/aromatic N) is 2. The molecule has 3 rings (SSSR count). The van der Waals surface area contributed by atoms with Crippen molar-refractivity contribution < 1.29 is 5.73 Å². The summed E-state index contributed by atoms with van der Waals surface area (Å²) in [5, 5.41) is 2.05. The lowest BCUT2D eigenvalue weighted by molar-refractivity contribution is -0.387. The largest absolute Gasteiger partial charge is 0.353 e. The first-order valence-corrected chi connectivity index (χ1v) is 6.96. The quantitative estimate of drug-likeness (QED) is 0.777. The molecule has 0 bridgehead atoms. The average molecular weight is 309 g/mol. The Hall–Kier alpha value is -1.17. The van der Waals surface area contributed by atoms with E-state index in [1.807, 2.05) is 17.5 Å². The van der Waals surface area contributed by atoms with Crippen LogP contribution in [0.25, 0.3) is 16.2 Å². The van der Waals surface area contributed by atoms with Crippen molar-refractivity contribution in [3.8, 4) is 11.3 Å². The number of benzene rings is 1. The SMILES string of the molecule is [NH3+]Cc1c(-c2ccc(Br)cc2)nc2sccn12. The van der Waals surface area contributed by atoms with Crippen LogP contribution < -0.4 is 5.73 Å². The molecule has 17 heavy (non-hydrogen) atoms. The molecule has 0 aliphatic carbocycles. The Labute approximate surface area is 111 Å². The summed E-state index contributed by atoms with van der Waals surface area (Å²) in [6.45, 7) is 0.739. The normalized spacial score (nSPS) is 11.2. The first kappa shape index (κ1) is 11.0. The molecule has 3 N–H and O–H groups in total. The van der Waals surface area contributed by atoms with Gasteiger partial charge in [0.15, 0.2) is 4.96 Å². The van der Waals surface area contributed by atoms with Crippen LogP contribution in [-0.2, 0) is 6.54 Å². The Morgan fingerprint density at radius 1 is 1.29 bits per heavy atom. The molecule has 0 amide bonds. The molecule has 2 heterocycles. The van der Waals surface area contributed by atoms with E-state index in [-0.39, 0.29) is 0 Å². The third-order valence-electron chi connectivity index (χ3n) is 2.72. The molecule has 0 atom stereocenters. The van der Waals surface area contributed by atoms with Gasteiger partial charge in [0.05, 0.1) is 5.69 Å². The summed E-state index contributed by atoms with van der Waals surface area (Å²) >= 11 is 5.10. The van der Waals surface area contributed by atoms with E-state index in [1.54, 1.807) is 11.3 Å². The Balaban J connectivity index is 2.22. The van der Waals surface area contributed by atoms with E-state index in [1.165, 1.54) is 5.69 Å². The lowest BCUT2D eigenvalue weighted by atomic mass is 10.1.